The van der Waals surface area contributed by atoms with Crippen molar-refractivity contribution in [3.63, 3.8) is 0 Å². The summed E-state index contributed by atoms with van der Waals surface area (Å²) in [4.78, 5) is 4.49. The molecule has 1 aromatic heterocycles. The Labute approximate surface area is 119 Å². The van der Waals surface area contributed by atoms with E-state index < -0.39 is 0 Å². The molecule has 4 heteroatoms. The van der Waals surface area contributed by atoms with Gasteiger partial charge in [-0.2, -0.15) is 0 Å². The predicted octanol–water partition coefficient (Wildman–Crippen LogP) is 4.07. The van der Waals surface area contributed by atoms with E-state index in [0.717, 1.165) is 21.1 Å². The number of hydrogen-bond donors (Lipinski definition) is 1. The lowest BCUT2D eigenvalue weighted by Gasteiger charge is -1.97. The van der Waals surface area contributed by atoms with Crippen LogP contribution in [0.15, 0.2) is 45.3 Å². The van der Waals surface area contributed by atoms with E-state index in [2.05, 4.69) is 20.9 Å². The third-order valence-corrected chi connectivity index (χ3v) is 3.50. The van der Waals surface area contributed by atoms with Crippen LogP contribution in [0.5, 0.6) is 0 Å². The molecule has 0 aliphatic carbocycles. The van der Waals surface area contributed by atoms with Crippen LogP contribution >= 0.6 is 15.9 Å². The van der Waals surface area contributed by atoms with Crippen LogP contribution in [0.4, 0.5) is 5.69 Å². The molecule has 0 saturated carbocycles. The van der Waals surface area contributed by atoms with Gasteiger partial charge in [0.2, 0.25) is 0 Å². The second-order valence-electron chi connectivity index (χ2n) is 4.61. The van der Waals surface area contributed by atoms with Crippen LogP contribution in [0.1, 0.15) is 17.0 Å². The molecule has 0 bridgehead atoms. The molecular formula is C15H13BrN2O. The van der Waals surface area contributed by atoms with Gasteiger partial charge in [-0.3, -0.25) is 0 Å². The SMILES string of the molecule is Cc1cc(N)c2oc(Cc3ccc(Br)cc3)nc2c1. The molecule has 0 aliphatic rings. The summed E-state index contributed by atoms with van der Waals surface area (Å²) in [6, 6.07) is 12.0. The number of nitrogens with two attached hydrogens (primary N) is 1. The van der Waals surface area contributed by atoms with Crippen LogP contribution in [0, 0.1) is 6.92 Å². The van der Waals surface area contributed by atoms with E-state index in [9.17, 15) is 0 Å². The second-order valence-corrected chi connectivity index (χ2v) is 5.53. The van der Waals surface area contributed by atoms with Gasteiger partial charge in [0.25, 0.3) is 0 Å². The maximum absolute atomic E-state index is 5.94. The molecule has 0 spiro atoms. The Hall–Kier alpha value is -1.81. The molecule has 96 valence electrons. The molecular weight excluding hydrogens is 304 g/mol. The van der Waals surface area contributed by atoms with Crippen molar-refractivity contribution >= 4 is 32.7 Å². The van der Waals surface area contributed by atoms with Gasteiger partial charge in [-0.05, 0) is 42.3 Å². The Balaban J connectivity index is 1.97. The van der Waals surface area contributed by atoms with Crippen molar-refractivity contribution in [1.82, 2.24) is 4.98 Å². The third-order valence-electron chi connectivity index (χ3n) is 2.98. The highest BCUT2D eigenvalue weighted by Gasteiger charge is 2.09. The minimum Gasteiger partial charge on any atom is -0.438 e. The minimum absolute atomic E-state index is 0.643. The molecule has 2 aromatic carbocycles. The standard InChI is InChI=1S/C15H13BrN2O/c1-9-6-12(17)15-13(7-9)18-14(19-15)8-10-2-4-11(16)5-3-10/h2-7H,8,17H2,1H3. The lowest BCUT2D eigenvalue weighted by atomic mass is 10.1. The van der Waals surface area contributed by atoms with E-state index in [1.165, 1.54) is 0 Å². The van der Waals surface area contributed by atoms with Crippen LogP contribution in [0.2, 0.25) is 0 Å². The Morgan fingerprint density at radius 2 is 1.95 bits per heavy atom. The number of anilines is 1. The van der Waals surface area contributed by atoms with Crippen LogP contribution < -0.4 is 5.73 Å². The Morgan fingerprint density at radius 1 is 1.21 bits per heavy atom. The van der Waals surface area contributed by atoms with E-state index in [1.807, 2.05) is 43.3 Å². The molecule has 3 aromatic rings. The zero-order valence-electron chi connectivity index (χ0n) is 10.5. The van der Waals surface area contributed by atoms with E-state index in [-0.39, 0.29) is 0 Å². The number of aryl methyl sites for hydroxylation is 1. The number of nitrogen functional groups attached to an aromatic ring is 1. The summed E-state index contributed by atoms with van der Waals surface area (Å²) in [6.07, 6.45) is 0.667. The van der Waals surface area contributed by atoms with Gasteiger partial charge >= 0.3 is 0 Å². The molecule has 3 nitrogen and oxygen atoms in total. The summed E-state index contributed by atoms with van der Waals surface area (Å²) in [5.41, 5.74) is 10.3. The maximum atomic E-state index is 5.94. The summed E-state index contributed by atoms with van der Waals surface area (Å²) >= 11 is 3.42. The zero-order chi connectivity index (χ0) is 13.4. The second kappa shape index (κ2) is 4.70. The average Bonchev–Trinajstić information content (AvgIpc) is 2.75. The summed E-state index contributed by atoms with van der Waals surface area (Å²) in [6.45, 7) is 2.00. The van der Waals surface area contributed by atoms with Crippen molar-refractivity contribution < 1.29 is 4.42 Å². The fraction of sp³-hybridized carbons (Fsp3) is 0.133. The lowest BCUT2D eigenvalue weighted by Crippen LogP contribution is -1.87. The number of nitrogens with zero attached hydrogens (tertiary/aromatic N) is 1. The smallest absolute Gasteiger partial charge is 0.200 e. The minimum atomic E-state index is 0.643. The normalized spacial score (nSPS) is 11.1. The fourth-order valence-electron chi connectivity index (χ4n) is 2.10. The number of oxazole rings is 1. The van der Waals surface area contributed by atoms with E-state index in [4.69, 9.17) is 10.2 Å². The van der Waals surface area contributed by atoms with Crippen molar-refractivity contribution in [2.45, 2.75) is 13.3 Å². The zero-order valence-corrected chi connectivity index (χ0v) is 12.1. The van der Waals surface area contributed by atoms with Crippen molar-refractivity contribution in [3.8, 4) is 0 Å². The first-order valence-corrected chi connectivity index (χ1v) is 6.81. The van der Waals surface area contributed by atoms with Crippen LogP contribution in [-0.4, -0.2) is 4.98 Å². The summed E-state index contributed by atoms with van der Waals surface area (Å²) in [7, 11) is 0. The van der Waals surface area contributed by atoms with Gasteiger partial charge in [-0.15, -0.1) is 0 Å². The van der Waals surface area contributed by atoms with Gasteiger partial charge in [-0.1, -0.05) is 28.1 Å². The van der Waals surface area contributed by atoms with E-state index in [1.54, 1.807) is 0 Å². The first-order valence-electron chi connectivity index (χ1n) is 6.02. The van der Waals surface area contributed by atoms with Gasteiger partial charge in [-0.25, -0.2) is 4.98 Å². The quantitative estimate of drug-likeness (QED) is 0.725. The molecule has 19 heavy (non-hydrogen) atoms. The van der Waals surface area contributed by atoms with E-state index in [0.29, 0.717) is 23.6 Å². The lowest BCUT2D eigenvalue weighted by molar-refractivity contribution is 0.545. The highest BCUT2D eigenvalue weighted by atomic mass is 79.9. The van der Waals surface area contributed by atoms with Gasteiger partial charge in [0.1, 0.15) is 5.52 Å². The number of hydrogen-bond acceptors (Lipinski definition) is 3. The van der Waals surface area contributed by atoms with Crippen molar-refractivity contribution in [3.05, 3.63) is 57.9 Å². The fourth-order valence-corrected chi connectivity index (χ4v) is 2.37. The molecule has 0 saturated heterocycles. The first kappa shape index (κ1) is 12.2. The monoisotopic (exact) mass is 316 g/mol. The first-order chi connectivity index (χ1) is 9.11. The molecule has 0 radical (unpaired) electrons. The third kappa shape index (κ3) is 2.49. The molecule has 0 aliphatic heterocycles. The average molecular weight is 317 g/mol. The molecule has 3 rings (SSSR count). The van der Waals surface area contributed by atoms with Crippen LogP contribution in [-0.2, 0) is 6.42 Å². The molecule has 0 fully saturated rings. The molecule has 0 atom stereocenters. The number of aromatic nitrogens is 1. The molecule has 0 amide bonds. The van der Waals surface area contributed by atoms with E-state index >= 15 is 0 Å². The number of fused-ring (bicyclic) bond motifs is 1. The number of rotatable bonds is 2. The summed E-state index contributed by atoms with van der Waals surface area (Å²) in [5, 5.41) is 0. The summed E-state index contributed by atoms with van der Waals surface area (Å²) < 4.78 is 6.80. The van der Waals surface area contributed by atoms with Crippen molar-refractivity contribution in [1.29, 1.82) is 0 Å². The Kier molecular flexibility index (Phi) is 3.03. The predicted molar refractivity (Wildman–Crippen MR) is 80.1 cm³/mol. The number of benzene rings is 2. The molecule has 2 N–H and O–H groups in total. The van der Waals surface area contributed by atoms with Gasteiger partial charge in [0, 0.05) is 10.9 Å². The summed E-state index contributed by atoms with van der Waals surface area (Å²) in [5.74, 6) is 0.689. The van der Waals surface area contributed by atoms with Gasteiger partial charge < -0.3 is 10.2 Å². The van der Waals surface area contributed by atoms with Gasteiger partial charge in [0.05, 0.1) is 5.69 Å². The van der Waals surface area contributed by atoms with Gasteiger partial charge in [0.15, 0.2) is 11.5 Å². The number of halogens is 1. The molecule has 1 heterocycles. The van der Waals surface area contributed by atoms with Crippen molar-refractivity contribution in [2.75, 3.05) is 5.73 Å². The topological polar surface area (TPSA) is 52.0 Å². The Morgan fingerprint density at radius 3 is 2.68 bits per heavy atom. The Bertz CT molecular complexity index is 732. The highest BCUT2D eigenvalue weighted by molar-refractivity contribution is 9.10. The van der Waals surface area contributed by atoms with Crippen LogP contribution in [0.3, 0.4) is 0 Å². The highest BCUT2D eigenvalue weighted by Crippen LogP contribution is 2.25. The largest absolute Gasteiger partial charge is 0.438 e. The van der Waals surface area contributed by atoms with Crippen LogP contribution in [0.25, 0.3) is 11.1 Å². The maximum Gasteiger partial charge on any atom is 0.200 e. The molecule has 0 unspecified atom stereocenters. The van der Waals surface area contributed by atoms with Crippen molar-refractivity contribution in [2.24, 2.45) is 0 Å².